The minimum atomic E-state index is -3.33. The van der Waals surface area contributed by atoms with Gasteiger partial charge in [0.2, 0.25) is 0 Å². The molecule has 5 heteroatoms. The second kappa shape index (κ2) is 9.21. The zero-order valence-corrected chi connectivity index (χ0v) is 11.3. The molecule has 0 aromatic heterocycles. The smallest absolute Gasteiger partial charge is 1.00 e. The van der Waals surface area contributed by atoms with Gasteiger partial charge in [0, 0.05) is 0 Å². The van der Waals surface area contributed by atoms with E-state index in [4.69, 9.17) is 0 Å². The van der Waals surface area contributed by atoms with Crippen LogP contribution in [0.3, 0.4) is 0 Å². The van der Waals surface area contributed by atoms with Gasteiger partial charge in [-0.2, -0.15) is 8.42 Å². The van der Waals surface area contributed by atoms with E-state index in [2.05, 4.69) is 17.7 Å². The van der Waals surface area contributed by atoms with Crippen LogP contribution in [0.4, 0.5) is 0 Å². The Labute approximate surface area is 104 Å². The molecule has 0 aliphatic rings. The molecule has 0 radical (unpaired) electrons. The van der Waals surface area contributed by atoms with Gasteiger partial charge >= 0.3 is 29.6 Å². The summed E-state index contributed by atoms with van der Waals surface area (Å²) >= 11 is 0. The Hall–Kier alpha value is 0.650. The third-order valence-corrected chi connectivity index (χ3v) is 2.50. The summed E-state index contributed by atoms with van der Waals surface area (Å²) in [5.74, 6) is -0.0981. The van der Waals surface area contributed by atoms with Crippen molar-refractivity contribution >= 4 is 10.1 Å². The van der Waals surface area contributed by atoms with E-state index in [0.717, 1.165) is 19.3 Å². The Morgan fingerprint density at radius 3 is 2.54 bits per heavy atom. The molecule has 0 rings (SSSR count). The molecule has 0 spiro atoms. The molecule has 0 bridgehead atoms. The molecule has 0 amide bonds. The number of rotatable bonds is 7. The third kappa shape index (κ3) is 10.6. The Morgan fingerprint density at radius 2 is 2.08 bits per heavy atom. The monoisotopic (exact) mass is 216 g/mol. The van der Waals surface area contributed by atoms with Crippen molar-refractivity contribution in [3.05, 3.63) is 12.7 Å². The van der Waals surface area contributed by atoms with Crippen LogP contribution in [0.5, 0.6) is 0 Å². The van der Waals surface area contributed by atoms with Gasteiger partial charge in [0.25, 0.3) is 10.1 Å². The van der Waals surface area contributed by atoms with Crippen LogP contribution in [0.1, 0.15) is 27.6 Å². The fourth-order valence-corrected chi connectivity index (χ4v) is 1.49. The molecule has 0 aliphatic carbocycles. The quantitative estimate of drug-likeness (QED) is 0.233. The molecule has 0 aromatic rings. The fourth-order valence-electron chi connectivity index (χ4n) is 0.730. The zero-order valence-electron chi connectivity index (χ0n) is 9.45. The van der Waals surface area contributed by atoms with Gasteiger partial charge in [0.05, 0.1) is 12.4 Å². The van der Waals surface area contributed by atoms with Gasteiger partial charge in [0.1, 0.15) is 0 Å². The van der Waals surface area contributed by atoms with Crippen molar-refractivity contribution in [1.82, 2.24) is 0 Å². The van der Waals surface area contributed by atoms with E-state index in [1.807, 2.05) is 0 Å². The van der Waals surface area contributed by atoms with Crippen molar-refractivity contribution in [1.29, 1.82) is 0 Å². The molecule has 3 nitrogen and oxygen atoms in total. The first-order valence-corrected chi connectivity index (χ1v) is 5.68. The summed E-state index contributed by atoms with van der Waals surface area (Å²) in [6.07, 6.45) is 4.19. The van der Waals surface area contributed by atoms with Gasteiger partial charge in [-0.25, -0.2) is 0 Å². The van der Waals surface area contributed by atoms with E-state index < -0.39 is 10.1 Å². The molecule has 0 saturated heterocycles. The standard InChI is InChI=1S/C8H16O3S.Na.H/c1-3-5-6-7-11-12(9,10)8-4-2;;/h4H,2-3,5-8H2,1H3;;/q;+1;-1. The van der Waals surface area contributed by atoms with Gasteiger partial charge in [-0.05, 0) is 6.42 Å². The molecule has 0 aliphatic heterocycles. The van der Waals surface area contributed by atoms with Crippen LogP contribution in [0.2, 0.25) is 0 Å². The van der Waals surface area contributed by atoms with Crippen molar-refractivity contribution in [3.63, 3.8) is 0 Å². The number of hydrogen-bond acceptors (Lipinski definition) is 3. The molecule has 0 N–H and O–H groups in total. The van der Waals surface area contributed by atoms with Crippen molar-refractivity contribution in [2.75, 3.05) is 12.4 Å². The van der Waals surface area contributed by atoms with Crippen LogP contribution < -0.4 is 29.6 Å². The Kier molecular flexibility index (Phi) is 11.4. The number of hydrogen-bond donors (Lipinski definition) is 0. The van der Waals surface area contributed by atoms with Gasteiger partial charge in [-0.15, -0.1) is 6.58 Å². The van der Waals surface area contributed by atoms with Gasteiger partial charge in [0.15, 0.2) is 0 Å². The Morgan fingerprint density at radius 1 is 1.46 bits per heavy atom. The second-order valence-electron chi connectivity index (χ2n) is 2.54. The van der Waals surface area contributed by atoms with Gasteiger partial charge < -0.3 is 1.43 Å². The minimum absolute atomic E-state index is 0. The van der Waals surface area contributed by atoms with Gasteiger partial charge in [-0.1, -0.05) is 25.8 Å². The minimum Gasteiger partial charge on any atom is -1.00 e. The molecule has 0 saturated carbocycles. The first kappa shape index (κ1) is 16.1. The van der Waals surface area contributed by atoms with Crippen LogP contribution in [-0.2, 0) is 14.3 Å². The molecule has 0 aromatic carbocycles. The molecule has 74 valence electrons. The predicted molar refractivity (Wildman–Crippen MR) is 50.6 cm³/mol. The average Bonchev–Trinajstić information content (AvgIpc) is 1.98. The molecule has 13 heavy (non-hydrogen) atoms. The maximum atomic E-state index is 10.9. The van der Waals surface area contributed by atoms with Crippen LogP contribution in [0, 0.1) is 0 Å². The maximum absolute atomic E-state index is 10.9. The summed E-state index contributed by atoms with van der Waals surface area (Å²) < 4.78 is 26.5. The molecular formula is C8H17NaO3S. The Bertz CT molecular complexity index is 217. The van der Waals surface area contributed by atoms with Crippen molar-refractivity contribution in [2.45, 2.75) is 26.2 Å². The largest absolute Gasteiger partial charge is 1.00 e. The molecular weight excluding hydrogens is 199 g/mol. The predicted octanol–water partition coefficient (Wildman–Crippen LogP) is -1.17. The molecule has 0 unspecified atom stereocenters. The summed E-state index contributed by atoms with van der Waals surface area (Å²) in [7, 11) is -3.33. The van der Waals surface area contributed by atoms with Gasteiger partial charge in [-0.3, -0.25) is 4.18 Å². The van der Waals surface area contributed by atoms with E-state index in [9.17, 15) is 8.42 Å². The first-order valence-electron chi connectivity index (χ1n) is 4.10. The summed E-state index contributed by atoms with van der Waals surface area (Å²) in [4.78, 5) is 0. The van der Waals surface area contributed by atoms with Crippen LogP contribution in [-0.4, -0.2) is 20.8 Å². The summed E-state index contributed by atoms with van der Waals surface area (Å²) in [5.41, 5.74) is 0. The normalized spacial score (nSPS) is 10.5. The Balaban J connectivity index is -0.000000605. The number of unbranched alkanes of at least 4 members (excludes halogenated alkanes) is 2. The molecule has 0 fully saturated rings. The van der Waals surface area contributed by atoms with Crippen molar-refractivity contribution in [3.8, 4) is 0 Å². The van der Waals surface area contributed by atoms with Crippen LogP contribution in [0.15, 0.2) is 12.7 Å². The van der Waals surface area contributed by atoms with E-state index in [1.165, 1.54) is 6.08 Å². The SMILES string of the molecule is C=CCS(=O)(=O)OCCCCC.[H-].[Na+]. The first-order chi connectivity index (χ1) is 5.62. The average molecular weight is 216 g/mol. The van der Waals surface area contributed by atoms with Crippen molar-refractivity contribution in [2.24, 2.45) is 0 Å². The molecule has 0 heterocycles. The summed E-state index contributed by atoms with van der Waals surface area (Å²) in [5, 5.41) is 0. The van der Waals surface area contributed by atoms with Crippen LogP contribution >= 0.6 is 0 Å². The summed E-state index contributed by atoms with van der Waals surface area (Å²) in [6, 6.07) is 0. The summed E-state index contributed by atoms with van der Waals surface area (Å²) in [6.45, 7) is 5.68. The topological polar surface area (TPSA) is 43.4 Å². The van der Waals surface area contributed by atoms with Crippen LogP contribution in [0.25, 0.3) is 0 Å². The van der Waals surface area contributed by atoms with E-state index >= 15 is 0 Å². The van der Waals surface area contributed by atoms with E-state index in [1.54, 1.807) is 0 Å². The maximum Gasteiger partial charge on any atom is 1.00 e. The third-order valence-electron chi connectivity index (χ3n) is 1.33. The fraction of sp³-hybridized carbons (Fsp3) is 0.750. The van der Waals surface area contributed by atoms with Crippen molar-refractivity contribution < 1.29 is 43.6 Å². The van der Waals surface area contributed by atoms with E-state index in [0.29, 0.717) is 6.61 Å². The second-order valence-corrected chi connectivity index (χ2v) is 4.23. The zero-order chi connectivity index (χ0) is 9.45. The van der Waals surface area contributed by atoms with E-state index in [-0.39, 0.29) is 36.7 Å². The molecule has 0 atom stereocenters.